The minimum absolute atomic E-state index is 0.0384. The van der Waals surface area contributed by atoms with Crippen LogP contribution in [0.3, 0.4) is 0 Å². The molecular weight excluding hydrogens is 308 g/mol. The first-order valence-electron chi connectivity index (χ1n) is 7.98. The van der Waals surface area contributed by atoms with Crippen LogP contribution in [0.15, 0.2) is 29.1 Å². The summed E-state index contributed by atoms with van der Waals surface area (Å²) in [5, 5.41) is 8.30. The second kappa shape index (κ2) is 6.43. The van der Waals surface area contributed by atoms with E-state index in [1.165, 1.54) is 4.68 Å². The van der Waals surface area contributed by atoms with Crippen LogP contribution in [0.1, 0.15) is 19.0 Å². The lowest BCUT2D eigenvalue weighted by atomic mass is 10.1. The Morgan fingerprint density at radius 3 is 2.75 bits per heavy atom. The molecule has 0 aliphatic carbocycles. The van der Waals surface area contributed by atoms with Crippen LogP contribution >= 0.6 is 0 Å². The number of aromatic nitrogens is 2. The number of carbonyl (C=O) groups is 2. The number of fused-ring (bicyclic) bond motifs is 1. The third-order valence-corrected chi connectivity index (χ3v) is 4.36. The maximum Gasteiger partial charge on any atom is 0.274 e. The van der Waals surface area contributed by atoms with Gasteiger partial charge in [0.1, 0.15) is 0 Å². The smallest absolute Gasteiger partial charge is 0.274 e. The molecule has 2 heterocycles. The molecule has 0 radical (unpaired) electrons. The summed E-state index contributed by atoms with van der Waals surface area (Å²) in [7, 11) is 1.58. The Bertz CT molecular complexity index is 859. The van der Waals surface area contributed by atoms with Gasteiger partial charge < -0.3 is 10.2 Å². The fourth-order valence-corrected chi connectivity index (χ4v) is 3.11. The van der Waals surface area contributed by atoms with Crippen LogP contribution < -0.4 is 10.9 Å². The van der Waals surface area contributed by atoms with Gasteiger partial charge in [0.15, 0.2) is 0 Å². The molecule has 1 aliphatic heterocycles. The summed E-state index contributed by atoms with van der Waals surface area (Å²) in [5.74, 6) is -0.126. The van der Waals surface area contributed by atoms with E-state index in [1.54, 1.807) is 24.1 Å². The van der Waals surface area contributed by atoms with E-state index in [4.69, 9.17) is 0 Å². The van der Waals surface area contributed by atoms with Crippen molar-refractivity contribution in [2.24, 2.45) is 7.05 Å². The van der Waals surface area contributed by atoms with Crippen molar-refractivity contribution in [2.45, 2.75) is 25.8 Å². The molecule has 1 N–H and O–H groups in total. The Hall–Kier alpha value is -2.70. The van der Waals surface area contributed by atoms with Crippen LogP contribution in [0.2, 0.25) is 0 Å². The number of hydrogen-bond acceptors (Lipinski definition) is 4. The number of carbonyl (C=O) groups excluding carboxylic acids is 2. The van der Waals surface area contributed by atoms with Crippen LogP contribution in [-0.4, -0.2) is 45.6 Å². The van der Waals surface area contributed by atoms with Crippen LogP contribution in [0.25, 0.3) is 10.8 Å². The number of amides is 2. The van der Waals surface area contributed by atoms with Crippen molar-refractivity contribution < 1.29 is 9.59 Å². The quantitative estimate of drug-likeness (QED) is 0.854. The van der Waals surface area contributed by atoms with Gasteiger partial charge in [-0.3, -0.25) is 14.4 Å². The molecule has 1 fully saturated rings. The van der Waals surface area contributed by atoms with Gasteiger partial charge in [0.25, 0.3) is 5.56 Å². The second-order valence-electron chi connectivity index (χ2n) is 6.09. The first kappa shape index (κ1) is 16.2. The number of aryl methyl sites for hydroxylation is 1. The predicted octanol–water partition coefficient (Wildman–Crippen LogP) is 0.213. The predicted molar refractivity (Wildman–Crippen MR) is 89.5 cm³/mol. The van der Waals surface area contributed by atoms with Crippen LogP contribution in [-0.2, 0) is 23.1 Å². The van der Waals surface area contributed by atoms with Gasteiger partial charge in [-0.1, -0.05) is 18.2 Å². The highest BCUT2D eigenvalue weighted by molar-refractivity contribution is 5.89. The number of hydrogen-bond donors (Lipinski definition) is 1. The highest BCUT2D eigenvalue weighted by Crippen LogP contribution is 2.16. The zero-order valence-corrected chi connectivity index (χ0v) is 13.8. The Morgan fingerprint density at radius 1 is 1.29 bits per heavy atom. The molecule has 0 spiro atoms. The molecule has 3 rings (SSSR count). The average Bonchev–Trinajstić information content (AvgIpc) is 2.72. The zero-order valence-electron chi connectivity index (χ0n) is 13.8. The molecule has 1 unspecified atom stereocenters. The summed E-state index contributed by atoms with van der Waals surface area (Å²) in [4.78, 5) is 38.2. The Labute approximate surface area is 139 Å². The van der Waals surface area contributed by atoms with Gasteiger partial charge in [-0.15, -0.1) is 0 Å². The van der Waals surface area contributed by atoms with Crippen molar-refractivity contribution in [2.75, 3.05) is 13.1 Å². The van der Waals surface area contributed by atoms with Gasteiger partial charge in [0.05, 0.1) is 17.5 Å². The van der Waals surface area contributed by atoms with Crippen molar-refractivity contribution in [3.63, 3.8) is 0 Å². The van der Waals surface area contributed by atoms with Crippen molar-refractivity contribution in [3.05, 3.63) is 40.3 Å². The van der Waals surface area contributed by atoms with Gasteiger partial charge in [0, 0.05) is 38.0 Å². The molecule has 126 valence electrons. The topological polar surface area (TPSA) is 84.3 Å². The molecule has 0 bridgehead atoms. The molecule has 1 atom stereocenters. The van der Waals surface area contributed by atoms with Gasteiger partial charge in [-0.2, -0.15) is 5.10 Å². The van der Waals surface area contributed by atoms with E-state index in [2.05, 4.69) is 10.4 Å². The summed E-state index contributed by atoms with van der Waals surface area (Å²) in [6.07, 6.45) is 0.403. The number of rotatable bonds is 2. The molecule has 1 aliphatic rings. The molecular formula is C17H20N4O3. The molecule has 2 amide bonds. The lowest BCUT2D eigenvalue weighted by molar-refractivity contribution is -0.132. The van der Waals surface area contributed by atoms with E-state index in [9.17, 15) is 14.4 Å². The fourth-order valence-electron chi connectivity index (χ4n) is 3.11. The summed E-state index contributed by atoms with van der Waals surface area (Å²) in [5.41, 5.74) is 0.396. The standard InChI is InChI=1S/C17H20N4O3/c1-11-9-15(22)18-7-8-21(11)16(23)10-14-12-5-3-4-6-13(12)17(24)20(2)19-14/h3-6,11H,7-10H2,1-2H3,(H,18,22). The fraction of sp³-hybridized carbons (Fsp3) is 0.412. The van der Waals surface area contributed by atoms with Crippen molar-refractivity contribution in [1.82, 2.24) is 20.0 Å². The van der Waals surface area contributed by atoms with Gasteiger partial charge in [-0.25, -0.2) is 4.68 Å². The number of benzene rings is 1. The highest BCUT2D eigenvalue weighted by atomic mass is 16.2. The number of nitrogens with zero attached hydrogens (tertiary/aromatic N) is 3. The molecule has 1 aromatic heterocycles. The maximum atomic E-state index is 12.7. The van der Waals surface area contributed by atoms with Gasteiger partial charge in [0.2, 0.25) is 11.8 Å². The maximum absolute atomic E-state index is 12.7. The SMILES string of the molecule is CC1CC(=O)NCCN1C(=O)Cc1nn(C)c(=O)c2ccccc12. The Kier molecular flexibility index (Phi) is 4.33. The van der Waals surface area contributed by atoms with E-state index >= 15 is 0 Å². The Morgan fingerprint density at radius 2 is 2.00 bits per heavy atom. The van der Waals surface area contributed by atoms with Gasteiger partial charge in [-0.05, 0) is 13.0 Å². The first-order valence-corrected chi connectivity index (χ1v) is 7.98. The summed E-state index contributed by atoms with van der Waals surface area (Å²) in [6.45, 7) is 2.81. The zero-order chi connectivity index (χ0) is 17.3. The van der Waals surface area contributed by atoms with Crippen LogP contribution in [0, 0.1) is 0 Å². The molecule has 7 heteroatoms. The summed E-state index contributed by atoms with van der Waals surface area (Å²) >= 11 is 0. The Balaban J connectivity index is 1.92. The summed E-state index contributed by atoms with van der Waals surface area (Å²) in [6, 6.07) is 7.02. The minimum Gasteiger partial charge on any atom is -0.354 e. The first-order chi connectivity index (χ1) is 11.5. The molecule has 1 aromatic carbocycles. The van der Waals surface area contributed by atoms with E-state index in [0.29, 0.717) is 36.0 Å². The molecule has 2 aromatic rings. The van der Waals surface area contributed by atoms with Gasteiger partial charge >= 0.3 is 0 Å². The van der Waals surface area contributed by atoms with E-state index in [0.717, 1.165) is 0 Å². The molecule has 7 nitrogen and oxygen atoms in total. The van der Waals surface area contributed by atoms with Crippen LogP contribution in [0.5, 0.6) is 0 Å². The lowest BCUT2D eigenvalue weighted by Gasteiger charge is -2.26. The van der Waals surface area contributed by atoms with Crippen molar-refractivity contribution in [1.29, 1.82) is 0 Å². The lowest BCUT2D eigenvalue weighted by Crippen LogP contribution is -2.41. The van der Waals surface area contributed by atoms with E-state index in [-0.39, 0.29) is 29.8 Å². The molecule has 0 saturated carbocycles. The minimum atomic E-state index is -0.181. The van der Waals surface area contributed by atoms with Crippen LogP contribution in [0.4, 0.5) is 0 Å². The number of nitrogens with one attached hydrogen (secondary N) is 1. The molecule has 1 saturated heterocycles. The third kappa shape index (κ3) is 3.02. The normalized spacial score (nSPS) is 18.3. The monoisotopic (exact) mass is 328 g/mol. The van der Waals surface area contributed by atoms with E-state index < -0.39 is 0 Å². The van der Waals surface area contributed by atoms with E-state index in [1.807, 2.05) is 19.1 Å². The third-order valence-electron chi connectivity index (χ3n) is 4.36. The highest BCUT2D eigenvalue weighted by Gasteiger charge is 2.26. The second-order valence-corrected chi connectivity index (χ2v) is 6.09. The van der Waals surface area contributed by atoms with Crippen molar-refractivity contribution in [3.8, 4) is 0 Å². The largest absolute Gasteiger partial charge is 0.354 e. The molecule has 24 heavy (non-hydrogen) atoms. The van der Waals surface area contributed by atoms with Crippen molar-refractivity contribution >= 4 is 22.6 Å². The summed E-state index contributed by atoms with van der Waals surface area (Å²) < 4.78 is 1.27. The average molecular weight is 328 g/mol.